The van der Waals surface area contributed by atoms with E-state index in [1.807, 2.05) is 18.2 Å². The molecule has 19 heavy (non-hydrogen) atoms. The molecule has 2 unspecified atom stereocenters. The molecule has 1 fully saturated rings. The van der Waals surface area contributed by atoms with Crippen LogP contribution in [0.2, 0.25) is 0 Å². The molecule has 2 N–H and O–H groups in total. The lowest BCUT2D eigenvalue weighted by Gasteiger charge is -2.15. The molecule has 1 saturated carbocycles. The number of rotatable bonds is 3. The minimum atomic E-state index is -0.0868. The second kappa shape index (κ2) is 5.24. The number of fused-ring (bicyclic) bond motifs is 1. The van der Waals surface area contributed by atoms with Crippen molar-refractivity contribution in [3.63, 3.8) is 0 Å². The summed E-state index contributed by atoms with van der Waals surface area (Å²) in [4.78, 5) is 12.2. The minimum absolute atomic E-state index is 0.0868. The third-order valence-corrected chi connectivity index (χ3v) is 4.46. The molecular weight excluding hydrogens is 236 g/mol. The van der Waals surface area contributed by atoms with Gasteiger partial charge < -0.3 is 10.6 Å². The summed E-state index contributed by atoms with van der Waals surface area (Å²) in [5.41, 5.74) is 2.36. The summed E-state index contributed by atoms with van der Waals surface area (Å²) in [6.45, 7) is 3.15. The maximum Gasteiger partial charge on any atom is 0.242 e. The molecule has 3 atom stereocenters. The normalized spacial score (nSPS) is 28.8. The molecule has 102 valence electrons. The number of carbonyl (C=O) groups excluding carboxylic acids is 1. The SMILES string of the molecule is CC1CCC(CNC(=O)[C@@H]2Cc3ccccc3N2)C1. The molecule has 2 aliphatic rings. The van der Waals surface area contributed by atoms with Gasteiger partial charge in [-0.2, -0.15) is 0 Å². The summed E-state index contributed by atoms with van der Waals surface area (Å²) >= 11 is 0. The number of carbonyl (C=O) groups is 1. The number of hydrogen-bond acceptors (Lipinski definition) is 2. The Bertz CT molecular complexity index is 447. The highest BCUT2D eigenvalue weighted by atomic mass is 16.2. The highest BCUT2D eigenvalue weighted by Gasteiger charge is 2.27. The van der Waals surface area contributed by atoms with E-state index < -0.39 is 0 Å². The predicted octanol–water partition coefficient (Wildman–Crippen LogP) is 2.58. The van der Waals surface area contributed by atoms with E-state index >= 15 is 0 Å². The summed E-state index contributed by atoms with van der Waals surface area (Å²) in [5, 5.41) is 6.43. The van der Waals surface area contributed by atoms with Gasteiger partial charge in [0.2, 0.25) is 5.91 Å². The first-order valence-corrected chi connectivity index (χ1v) is 7.34. The van der Waals surface area contributed by atoms with Crippen LogP contribution in [0.15, 0.2) is 24.3 Å². The number of hydrogen-bond donors (Lipinski definition) is 2. The van der Waals surface area contributed by atoms with Crippen LogP contribution in [0.5, 0.6) is 0 Å². The van der Waals surface area contributed by atoms with E-state index in [0.717, 1.165) is 24.6 Å². The molecule has 1 aromatic carbocycles. The predicted molar refractivity (Wildman–Crippen MR) is 77.1 cm³/mol. The summed E-state index contributed by atoms with van der Waals surface area (Å²) in [6, 6.07) is 8.08. The van der Waals surface area contributed by atoms with Crippen molar-refractivity contribution in [2.24, 2.45) is 11.8 Å². The van der Waals surface area contributed by atoms with Crippen molar-refractivity contribution in [3.05, 3.63) is 29.8 Å². The van der Waals surface area contributed by atoms with Crippen LogP contribution in [0.25, 0.3) is 0 Å². The van der Waals surface area contributed by atoms with Crippen molar-refractivity contribution < 1.29 is 4.79 Å². The molecule has 3 heteroatoms. The van der Waals surface area contributed by atoms with Crippen LogP contribution >= 0.6 is 0 Å². The molecule has 0 aromatic heterocycles. The maximum absolute atomic E-state index is 12.2. The Morgan fingerprint density at radius 3 is 2.95 bits per heavy atom. The van der Waals surface area contributed by atoms with Crippen LogP contribution in [-0.4, -0.2) is 18.5 Å². The van der Waals surface area contributed by atoms with E-state index in [9.17, 15) is 4.79 Å². The molecule has 3 nitrogen and oxygen atoms in total. The molecule has 0 radical (unpaired) electrons. The zero-order chi connectivity index (χ0) is 13.2. The van der Waals surface area contributed by atoms with E-state index in [2.05, 4.69) is 23.6 Å². The van der Waals surface area contributed by atoms with E-state index in [0.29, 0.717) is 5.92 Å². The molecule has 1 aliphatic heterocycles. The maximum atomic E-state index is 12.2. The van der Waals surface area contributed by atoms with Crippen molar-refractivity contribution >= 4 is 11.6 Å². The van der Waals surface area contributed by atoms with Crippen molar-refractivity contribution in [3.8, 4) is 0 Å². The first-order valence-electron chi connectivity index (χ1n) is 7.34. The minimum Gasteiger partial charge on any atom is -0.373 e. The van der Waals surface area contributed by atoms with Crippen molar-refractivity contribution in [2.45, 2.75) is 38.6 Å². The van der Waals surface area contributed by atoms with Gasteiger partial charge in [0.15, 0.2) is 0 Å². The average Bonchev–Trinajstić information content (AvgIpc) is 3.01. The second-order valence-electron chi connectivity index (χ2n) is 6.09. The van der Waals surface area contributed by atoms with Gasteiger partial charge in [0.05, 0.1) is 0 Å². The highest BCUT2D eigenvalue weighted by molar-refractivity contribution is 5.87. The van der Waals surface area contributed by atoms with Crippen molar-refractivity contribution in [2.75, 3.05) is 11.9 Å². The van der Waals surface area contributed by atoms with Gasteiger partial charge in [-0.15, -0.1) is 0 Å². The quantitative estimate of drug-likeness (QED) is 0.875. The third-order valence-electron chi connectivity index (χ3n) is 4.46. The molecule has 0 saturated heterocycles. The monoisotopic (exact) mass is 258 g/mol. The largest absolute Gasteiger partial charge is 0.373 e. The van der Waals surface area contributed by atoms with Crippen LogP contribution in [0.1, 0.15) is 31.7 Å². The Morgan fingerprint density at radius 1 is 1.37 bits per heavy atom. The third kappa shape index (κ3) is 2.75. The Morgan fingerprint density at radius 2 is 2.21 bits per heavy atom. The molecule has 1 aromatic rings. The molecular formula is C16H22N2O. The van der Waals surface area contributed by atoms with Gasteiger partial charge in [-0.1, -0.05) is 31.5 Å². The van der Waals surface area contributed by atoms with E-state index in [1.165, 1.54) is 24.8 Å². The number of para-hydroxylation sites is 1. The first-order chi connectivity index (χ1) is 9.22. The van der Waals surface area contributed by atoms with Crippen molar-refractivity contribution in [1.82, 2.24) is 5.32 Å². The van der Waals surface area contributed by atoms with Gasteiger partial charge in [0.1, 0.15) is 6.04 Å². The lowest BCUT2D eigenvalue weighted by Crippen LogP contribution is -2.40. The summed E-state index contributed by atoms with van der Waals surface area (Å²) in [5.74, 6) is 1.66. The fourth-order valence-corrected chi connectivity index (χ4v) is 3.33. The molecule has 3 rings (SSSR count). The van der Waals surface area contributed by atoms with Crippen LogP contribution < -0.4 is 10.6 Å². The van der Waals surface area contributed by atoms with Gasteiger partial charge in [-0.05, 0) is 36.3 Å². The van der Waals surface area contributed by atoms with Crippen LogP contribution in [-0.2, 0) is 11.2 Å². The Balaban J connectivity index is 1.50. The molecule has 0 bridgehead atoms. The topological polar surface area (TPSA) is 41.1 Å². The average molecular weight is 258 g/mol. The zero-order valence-electron chi connectivity index (χ0n) is 11.5. The molecule has 1 aliphatic carbocycles. The van der Waals surface area contributed by atoms with E-state index in [1.54, 1.807) is 0 Å². The fourth-order valence-electron chi connectivity index (χ4n) is 3.33. The smallest absolute Gasteiger partial charge is 0.242 e. The first kappa shape index (κ1) is 12.5. The standard InChI is InChI=1S/C16H22N2O/c1-11-6-7-12(8-11)10-17-16(19)15-9-13-4-2-3-5-14(13)18-15/h2-5,11-12,15,18H,6-10H2,1H3,(H,17,19)/t11?,12?,15-/m0/s1. The van der Waals surface area contributed by atoms with Gasteiger partial charge in [-0.3, -0.25) is 4.79 Å². The van der Waals surface area contributed by atoms with Gasteiger partial charge in [-0.25, -0.2) is 0 Å². The summed E-state index contributed by atoms with van der Waals surface area (Å²) < 4.78 is 0. The fraction of sp³-hybridized carbons (Fsp3) is 0.562. The lowest BCUT2D eigenvalue weighted by molar-refractivity contribution is -0.121. The molecule has 0 spiro atoms. The summed E-state index contributed by atoms with van der Waals surface area (Å²) in [6.07, 6.45) is 4.65. The second-order valence-corrected chi connectivity index (χ2v) is 6.09. The van der Waals surface area contributed by atoms with E-state index in [4.69, 9.17) is 0 Å². The number of anilines is 1. The number of nitrogens with one attached hydrogen (secondary N) is 2. The Hall–Kier alpha value is -1.51. The van der Waals surface area contributed by atoms with Gasteiger partial charge >= 0.3 is 0 Å². The number of benzene rings is 1. The van der Waals surface area contributed by atoms with Crippen molar-refractivity contribution in [1.29, 1.82) is 0 Å². The van der Waals surface area contributed by atoms with Gasteiger partial charge in [0.25, 0.3) is 0 Å². The van der Waals surface area contributed by atoms with Crippen LogP contribution in [0.4, 0.5) is 5.69 Å². The molecule has 1 amide bonds. The lowest BCUT2D eigenvalue weighted by atomic mass is 10.1. The molecule has 1 heterocycles. The Labute approximate surface area is 114 Å². The zero-order valence-corrected chi connectivity index (χ0v) is 11.5. The van der Waals surface area contributed by atoms with E-state index in [-0.39, 0.29) is 11.9 Å². The Kier molecular flexibility index (Phi) is 3.45. The van der Waals surface area contributed by atoms with Gasteiger partial charge in [0, 0.05) is 18.7 Å². The van der Waals surface area contributed by atoms with Crippen LogP contribution in [0.3, 0.4) is 0 Å². The summed E-state index contributed by atoms with van der Waals surface area (Å²) in [7, 11) is 0. The van der Waals surface area contributed by atoms with Crippen LogP contribution in [0, 0.1) is 11.8 Å². The highest BCUT2D eigenvalue weighted by Crippen LogP contribution is 2.30. The number of amides is 1.